The van der Waals surface area contributed by atoms with Crippen LogP contribution < -0.4 is 0 Å². The van der Waals surface area contributed by atoms with Gasteiger partial charge in [-0.2, -0.15) is 13.2 Å². The van der Waals surface area contributed by atoms with Gasteiger partial charge in [0.25, 0.3) is 0 Å². The van der Waals surface area contributed by atoms with Crippen LogP contribution in [0.5, 0.6) is 0 Å². The fourth-order valence-corrected chi connectivity index (χ4v) is 2.68. The highest BCUT2D eigenvalue weighted by atomic mass is 19.4. The standard InChI is InChI=1S/C19H19F3O/c20-19(21,22)18-9-8-16(10-14-6-7-14)11-17(18)13-23-12-15-4-2-1-3-5-15/h1-5,8-9,11,14H,6-7,10,12-13H2. The lowest BCUT2D eigenvalue weighted by Gasteiger charge is -2.15. The van der Waals surface area contributed by atoms with Crippen molar-refractivity contribution >= 4 is 0 Å². The van der Waals surface area contributed by atoms with E-state index in [1.165, 1.54) is 18.9 Å². The van der Waals surface area contributed by atoms with Crippen LogP contribution in [0.25, 0.3) is 0 Å². The van der Waals surface area contributed by atoms with Crippen LogP contribution in [0.4, 0.5) is 13.2 Å². The van der Waals surface area contributed by atoms with Gasteiger partial charge in [-0.1, -0.05) is 42.5 Å². The van der Waals surface area contributed by atoms with Crippen LogP contribution in [0.3, 0.4) is 0 Å². The molecular weight excluding hydrogens is 301 g/mol. The lowest BCUT2D eigenvalue weighted by atomic mass is 10.0. The van der Waals surface area contributed by atoms with Crippen LogP contribution in [-0.2, 0) is 30.5 Å². The Labute approximate surface area is 134 Å². The molecule has 0 saturated heterocycles. The summed E-state index contributed by atoms with van der Waals surface area (Å²) in [6.07, 6.45) is -1.12. The average molecular weight is 320 g/mol. The van der Waals surface area contributed by atoms with Gasteiger partial charge in [-0.15, -0.1) is 0 Å². The van der Waals surface area contributed by atoms with Crippen LogP contribution in [0.15, 0.2) is 48.5 Å². The summed E-state index contributed by atoms with van der Waals surface area (Å²) in [5.74, 6) is 0.643. The van der Waals surface area contributed by atoms with Gasteiger partial charge in [-0.25, -0.2) is 0 Å². The third kappa shape index (κ3) is 4.58. The molecule has 1 saturated carbocycles. The van der Waals surface area contributed by atoms with Crippen molar-refractivity contribution in [3.63, 3.8) is 0 Å². The fourth-order valence-electron chi connectivity index (χ4n) is 2.68. The van der Waals surface area contributed by atoms with E-state index < -0.39 is 11.7 Å². The van der Waals surface area contributed by atoms with Crippen molar-refractivity contribution in [1.29, 1.82) is 0 Å². The van der Waals surface area contributed by atoms with Gasteiger partial charge in [0.15, 0.2) is 0 Å². The predicted molar refractivity (Wildman–Crippen MR) is 82.8 cm³/mol. The van der Waals surface area contributed by atoms with Gasteiger partial charge in [-0.3, -0.25) is 0 Å². The summed E-state index contributed by atoms with van der Waals surface area (Å²) in [6, 6.07) is 13.9. The minimum absolute atomic E-state index is 0.0256. The number of ether oxygens (including phenoxy) is 1. The van der Waals surface area contributed by atoms with E-state index in [4.69, 9.17) is 4.74 Å². The average Bonchev–Trinajstić information content (AvgIpc) is 3.31. The number of hydrogen-bond acceptors (Lipinski definition) is 1. The molecule has 2 aromatic carbocycles. The molecule has 0 atom stereocenters. The van der Waals surface area contributed by atoms with Crippen molar-refractivity contribution in [2.75, 3.05) is 0 Å². The van der Waals surface area contributed by atoms with Gasteiger partial charge in [0.2, 0.25) is 0 Å². The molecule has 0 heterocycles. The molecule has 2 aromatic rings. The number of benzene rings is 2. The quantitative estimate of drug-likeness (QED) is 0.695. The molecule has 0 aromatic heterocycles. The van der Waals surface area contributed by atoms with Gasteiger partial charge < -0.3 is 4.74 Å². The highest BCUT2D eigenvalue weighted by Gasteiger charge is 2.33. The summed E-state index contributed by atoms with van der Waals surface area (Å²) >= 11 is 0. The van der Waals surface area contributed by atoms with Gasteiger partial charge in [0, 0.05) is 0 Å². The SMILES string of the molecule is FC(F)(F)c1ccc(CC2CC2)cc1COCc1ccccc1. The molecule has 1 nitrogen and oxygen atoms in total. The van der Waals surface area contributed by atoms with E-state index in [-0.39, 0.29) is 12.2 Å². The topological polar surface area (TPSA) is 9.23 Å². The molecule has 0 spiro atoms. The van der Waals surface area contributed by atoms with E-state index in [1.807, 2.05) is 30.3 Å². The van der Waals surface area contributed by atoms with Gasteiger partial charge >= 0.3 is 6.18 Å². The maximum absolute atomic E-state index is 13.1. The number of halogens is 3. The van der Waals surface area contributed by atoms with Crippen molar-refractivity contribution in [3.05, 3.63) is 70.8 Å². The summed E-state index contributed by atoms with van der Waals surface area (Å²) in [6.45, 7) is 0.285. The zero-order chi connectivity index (χ0) is 16.3. The molecule has 122 valence electrons. The third-order valence-electron chi connectivity index (χ3n) is 4.07. The van der Waals surface area contributed by atoms with Crippen molar-refractivity contribution in [2.45, 2.75) is 38.7 Å². The molecule has 0 amide bonds. The normalized spacial score (nSPS) is 14.9. The summed E-state index contributed by atoms with van der Waals surface area (Å²) in [5, 5.41) is 0. The molecule has 1 aliphatic carbocycles. The highest BCUT2D eigenvalue weighted by molar-refractivity contribution is 5.34. The Morgan fingerprint density at radius 2 is 1.65 bits per heavy atom. The summed E-state index contributed by atoms with van der Waals surface area (Å²) in [5.41, 5.74) is 1.56. The van der Waals surface area contributed by atoms with E-state index in [0.717, 1.165) is 17.5 Å². The van der Waals surface area contributed by atoms with E-state index in [2.05, 4.69) is 0 Å². The Morgan fingerprint density at radius 1 is 0.913 bits per heavy atom. The zero-order valence-corrected chi connectivity index (χ0v) is 12.8. The first-order valence-electron chi connectivity index (χ1n) is 7.83. The van der Waals surface area contributed by atoms with Gasteiger partial charge in [-0.05, 0) is 47.9 Å². The minimum atomic E-state index is -4.34. The molecule has 0 bridgehead atoms. The second-order valence-electron chi connectivity index (χ2n) is 6.12. The molecule has 1 fully saturated rings. The van der Waals surface area contributed by atoms with Crippen LogP contribution >= 0.6 is 0 Å². The van der Waals surface area contributed by atoms with Gasteiger partial charge in [0.1, 0.15) is 0 Å². The maximum Gasteiger partial charge on any atom is 0.416 e. The van der Waals surface area contributed by atoms with E-state index in [1.54, 1.807) is 12.1 Å². The number of hydrogen-bond donors (Lipinski definition) is 0. The Bertz CT molecular complexity index is 645. The Morgan fingerprint density at radius 3 is 2.30 bits per heavy atom. The second kappa shape index (κ2) is 6.75. The summed E-state index contributed by atoms with van der Waals surface area (Å²) < 4.78 is 45.0. The van der Waals surface area contributed by atoms with Crippen LogP contribution in [0.1, 0.15) is 35.1 Å². The molecule has 4 heteroatoms. The molecule has 0 aliphatic heterocycles. The molecule has 0 unspecified atom stereocenters. The Hall–Kier alpha value is -1.81. The zero-order valence-electron chi connectivity index (χ0n) is 12.8. The molecule has 23 heavy (non-hydrogen) atoms. The van der Waals surface area contributed by atoms with Crippen molar-refractivity contribution in [1.82, 2.24) is 0 Å². The lowest BCUT2D eigenvalue weighted by Crippen LogP contribution is -2.11. The first kappa shape index (κ1) is 16.1. The first-order chi connectivity index (χ1) is 11.0. The van der Waals surface area contributed by atoms with Crippen LogP contribution in [-0.4, -0.2) is 0 Å². The van der Waals surface area contributed by atoms with Crippen LogP contribution in [0, 0.1) is 5.92 Å². The van der Waals surface area contributed by atoms with Crippen molar-refractivity contribution in [2.24, 2.45) is 5.92 Å². The molecule has 0 radical (unpaired) electrons. The Kier molecular flexibility index (Phi) is 4.71. The predicted octanol–water partition coefficient (Wildman–Crippen LogP) is 5.37. The van der Waals surface area contributed by atoms with E-state index >= 15 is 0 Å². The third-order valence-corrected chi connectivity index (χ3v) is 4.07. The van der Waals surface area contributed by atoms with Crippen molar-refractivity contribution in [3.8, 4) is 0 Å². The number of rotatable bonds is 6. The smallest absolute Gasteiger partial charge is 0.372 e. The molecular formula is C19H19F3O. The maximum atomic E-state index is 13.1. The first-order valence-corrected chi connectivity index (χ1v) is 7.83. The van der Waals surface area contributed by atoms with Crippen molar-refractivity contribution < 1.29 is 17.9 Å². The van der Waals surface area contributed by atoms with Crippen LogP contribution in [0.2, 0.25) is 0 Å². The second-order valence-corrected chi connectivity index (χ2v) is 6.12. The summed E-state index contributed by atoms with van der Waals surface area (Å²) in [4.78, 5) is 0. The lowest BCUT2D eigenvalue weighted by molar-refractivity contribution is -0.139. The van der Waals surface area contributed by atoms with E-state index in [9.17, 15) is 13.2 Å². The molecule has 3 rings (SSSR count). The minimum Gasteiger partial charge on any atom is -0.372 e. The molecule has 1 aliphatic rings. The number of alkyl halides is 3. The summed E-state index contributed by atoms with van der Waals surface area (Å²) in [7, 11) is 0. The fraction of sp³-hybridized carbons (Fsp3) is 0.368. The monoisotopic (exact) mass is 320 g/mol. The van der Waals surface area contributed by atoms with E-state index in [0.29, 0.717) is 12.5 Å². The highest BCUT2D eigenvalue weighted by Crippen LogP contribution is 2.36. The van der Waals surface area contributed by atoms with Gasteiger partial charge in [0.05, 0.1) is 18.8 Å². The molecule has 0 N–H and O–H groups in total. The Balaban J connectivity index is 1.71. The largest absolute Gasteiger partial charge is 0.416 e.